The van der Waals surface area contributed by atoms with Gasteiger partial charge in [0.15, 0.2) is 0 Å². The van der Waals surface area contributed by atoms with Crippen LogP contribution >= 0.6 is 0 Å². The Hall–Kier alpha value is -0.830. The first-order valence-electron chi connectivity index (χ1n) is 7.03. The Labute approximate surface area is 104 Å². The van der Waals surface area contributed by atoms with Crippen molar-refractivity contribution in [1.82, 2.24) is 4.90 Å². The Bertz CT molecular complexity index is 299. The first-order chi connectivity index (χ1) is 8.33. The Morgan fingerprint density at radius 1 is 1.35 bits per heavy atom. The lowest BCUT2D eigenvalue weighted by atomic mass is 9.85. The molecule has 0 bridgehead atoms. The third-order valence-electron chi connectivity index (χ3n) is 3.92. The average Bonchev–Trinajstić information content (AvgIpc) is 2.38. The molecule has 0 saturated carbocycles. The van der Waals surface area contributed by atoms with Crippen LogP contribution in [0, 0.1) is 5.92 Å². The van der Waals surface area contributed by atoms with Crippen LogP contribution in [-0.2, 0) is 4.79 Å². The number of piperidine rings is 1. The summed E-state index contributed by atoms with van der Waals surface area (Å²) in [6.45, 7) is 1.63. The zero-order chi connectivity index (χ0) is 12.1. The lowest BCUT2D eigenvalue weighted by Crippen LogP contribution is -2.38. The standard InChI is InChI=1S/C14H24N2O/c15-10-4-3-9-14(17)16-11-5-7-12-6-1-2-8-13(12)16/h8,12H,1-7,9-11,15H2. The van der Waals surface area contributed by atoms with Crippen LogP contribution in [-0.4, -0.2) is 23.9 Å². The first kappa shape index (κ1) is 12.6. The van der Waals surface area contributed by atoms with Crippen LogP contribution in [0.5, 0.6) is 0 Å². The Morgan fingerprint density at radius 2 is 2.18 bits per heavy atom. The van der Waals surface area contributed by atoms with E-state index in [2.05, 4.69) is 11.0 Å². The number of rotatable bonds is 4. The van der Waals surface area contributed by atoms with Crippen LogP contribution in [0.2, 0.25) is 0 Å². The summed E-state index contributed by atoms with van der Waals surface area (Å²) in [6, 6.07) is 0. The van der Waals surface area contributed by atoms with Gasteiger partial charge in [0.2, 0.25) is 5.91 Å². The largest absolute Gasteiger partial charge is 0.330 e. The number of carbonyl (C=O) groups excluding carboxylic acids is 1. The van der Waals surface area contributed by atoms with Gasteiger partial charge in [0.1, 0.15) is 0 Å². The molecular weight excluding hydrogens is 212 g/mol. The van der Waals surface area contributed by atoms with Gasteiger partial charge in [0, 0.05) is 18.7 Å². The van der Waals surface area contributed by atoms with Gasteiger partial charge in [-0.2, -0.15) is 0 Å². The van der Waals surface area contributed by atoms with Crippen molar-refractivity contribution in [3.63, 3.8) is 0 Å². The van der Waals surface area contributed by atoms with Crippen LogP contribution < -0.4 is 5.73 Å². The third kappa shape index (κ3) is 3.09. The SMILES string of the molecule is NCCCCC(=O)N1CCCC2CCCC=C21. The number of carbonyl (C=O) groups is 1. The molecule has 1 aliphatic carbocycles. The summed E-state index contributed by atoms with van der Waals surface area (Å²) in [7, 11) is 0. The van der Waals surface area contributed by atoms with Crippen molar-refractivity contribution in [2.75, 3.05) is 13.1 Å². The van der Waals surface area contributed by atoms with Crippen LogP contribution in [0.15, 0.2) is 11.8 Å². The van der Waals surface area contributed by atoms with E-state index in [-0.39, 0.29) is 0 Å². The topological polar surface area (TPSA) is 46.3 Å². The second kappa shape index (κ2) is 6.20. The minimum atomic E-state index is 0.316. The van der Waals surface area contributed by atoms with Gasteiger partial charge in [-0.25, -0.2) is 0 Å². The summed E-state index contributed by atoms with van der Waals surface area (Å²) in [5, 5.41) is 0. The van der Waals surface area contributed by atoms with Gasteiger partial charge in [-0.15, -0.1) is 0 Å². The Morgan fingerprint density at radius 3 is 3.00 bits per heavy atom. The maximum Gasteiger partial charge on any atom is 0.226 e. The number of hydrogen-bond acceptors (Lipinski definition) is 2. The molecule has 0 aromatic rings. The Kier molecular flexibility index (Phi) is 4.60. The highest BCUT2D eigenvalue weighted by Gasteiger charge is 2.29. The van der Waals surface area contributed by atoms with Crippen molar-refractivity contribution in [2.24, 2.45) is 11.7 Å². The third-order valence-corrected chi connectivity index (χ3v) is 3.92. The molecule has 1 atom stereocenters. The van der Waals surface area contributed by atoms with Gasteiger partial charge >= 0.3 is 0 Å². The quantitative estimate of drug-likeness (QED) is 0.762. The van der Waals surface area contributed by atoms with Crippen LogP contribution in [0.1, 0.15) is 51.4 Å². The molecule has 17 heavy (non-hydrogen) atoms. The van der Waals surface area contributed by atoms with Gasteiger partial charge in [-0.1, -0.05) is 6.08 Å². The Balaban J connectivity index is 1.94. The fraction of sp³-hybridized carbons (Fsp3) is 0.786. The second-order valence-electron chi connectivity index (χ2n) is 5.19. The fourth-order valence-electron chi connectivity index (χ4n) is 3.00. The van der Waals surface area contributed by atoms with E-state index in [1.54, 1.807) is 0 Å². The molecule has 96 valence electrons. The summed E-state index contributed by atoms with van der Waals surface area (Å²) in [5.41, 5.74) is 6.80. The van der Waals surface area contributed by atoms with E-state index >= 15 is 0 Å². The minimum absolute atomic E-state index is 0.316. The van der Waals surface area contributed by atoms with Crippen molar-refractivity contribution >= 4 is 5.91 Å². The van der Waals surface area contributed by atoms with Crippen LogP contribution in [0.3, 0.4) is 0 Å². The number of nitrogens with two attached hydrogens (primary N) is 1. The van der Waals surface area contributed by atoms with Crippen LogP contribution in [0.25, 0.3) is 0 Å². The molecule has 0 aromatic heterocycles. The van der Waals surface area contributed by atoms with Gasteiger partial charge in [0.05, 0.1) is 0 Å². The van der Waals surface area contributed by atoms with Crippen molar-refractivity contribution in [1.29, 1.82) is 0 Å². The molecule has 1 fully saturated rings. The maximum atomic E-state index is 12.2. The van der Waals surface area contributed by atoms with E-state index in [0.717, 1.165) is 25.8 Å². The van der Waals surface area contributed by atoms with E-state index in [4.69, 9.17) is 5.73 Å². The summed E-state index contributed by atoms with van der Waals surface area (Å²) < 4.78 is 0. The summed E-state index contributed by atoms with van der Waals surface area (Å²) >= 11 is 0. The number of nitrogens with zero attached hydrogens (tertiary/aromatic N) is 1. The molecule has 2 aliphatic rings. The lowest BCUT2D eigenvalue weighted by Gasteiger charge is -2.38. The summed E-state index contributed by atoms with van der Waals surface area (Å²) in [4.78, 5) is 14.2. The van der Waals surface area contributed by atoms with Crippen molar-refractivity contribution in [2.45, 2.75) is 51.4 Å². The molecule has 0 aromatic carbocycles. The highest BCUT2D eigenvalue weighted by molar-refractivity contribution is 5.78. The number of fused-ring (bicyclic) bond motifs is 1. The van der Waals surface area contributed by atoms with Crippen molar-refractivity contribution in [3.8, 4) is 0 Å². The smallest absolute Gasteiger partial charge is 0.226 e. The monoisotopic (exact) mass is 236 g/mol. The zero-order valence-corrected chi connectivity index (χ0v) is 10.7. The normalized spacial score (nSPS) is 24.2. The second-order valence-corrected chi connectivity index (χ2v) is 5.19. The van der Waals surface area contributed by atoms with Gasteiger partial charge in [0.25, 0.3) is 0 Å². The summed E-state index contributed by atoms with van der Waals surface area (Å²) in [6.07, 6.45) is 11.0. The number of allylic oxidation sites excluding steroid dienone is 2. The average molecular weight is 236 g/mol. The van der Waals surface area contributed by atoms with Crippen molar-refractivity contribution in [3.05, 3.63) is 11.8 Å². The molecule has 2 rings (SSSR count). The fourth-order valence-corrected chi connectivity index (χ4v) is 3.00. The van der Waals surface area contributed by atoms with E-state index < -0.39 is 0 Å². The molecule has 3 heteroatoms. The molecular formula is C14H24N2O. The van der Waals surface area contributed by atoms with E-state index in [1.165, 1.54) is 31.4 Å². The predicted molar refractivity (Wildman–Crippen MR) is 69.3 cm³/mol. The predicted octanol–water partition coefficient (Wildman–Crippen LogP) is 2.42. The number of amides is 1. The first-order valence-corrected chi connectivity index (χ1v) is 7.03. The maximum absolute atomic E-state index is 12.2. The molecule has 3 nitrogen and oxygen atoms in total. The van der Waals surface area contributed by atoms with Crippen molar-refractivity contribution < 1.29 is 4.79 Å². The molecule has 1 amide bonds. The molecule has 0 radical (unpaired) electrons. The van der Waals surface area contributed by atoms with E-state index in [0.29, 0.717) is 24.8 Å². The number of hydrogen-bond donors (Lipinski definition) is 1. The van der Waals surface area contributed by atoms with E-state index in [1.807, 2.05) is 0 Å². The van der Waals surface area contributed by atoms with Gasteiger partial charge in [-0.05, 0) is 57.4 Å². The molecule has 1 saturated heterocycles. The number of likely N-dealkylation sites (tertiary alicyclic amines) is 1. The van der Waals surface area contributed by atoms with Gasteiger partial charge in [-0.3, -0.25) is 4.79 Å². The highest BCUT2D eigenvalue weighted by atomic mass is 16.2. The zero-order valence-electron chi connectivity index (χ0n) is 10.7. The van der Waals surface area contributed by atoms with E-state index in [9.17, 15) is 4.79 Å². The molecule has 1 unspecified atom stereocenters. The molecule has 1 aliphatic heterocycles. The highest BCUT2D eigenvalue weighted by Crippen LogP contribution is 2.35. The molecule has 2 N–H and O–H groups in total. The molecule has 0 spiro atoms. The number of unbranched alkanes of at least 4 members (excludes halogenated alkanes) is 1. The lowest BCUT2D eigenvalue weighted by molar-refractivity contribution is -0.130. The minimum Gasteiger partial charge on any atom is -0.330 e. The molecule has 1 heterocycles. The van der Waals surface area contributed by atoms with Crippen LogP contribution in [0.4, 0.5) is 0 Å². The van der Waals surface area contributed by atoms with Gasteiger partial charge < -0.3 is 10.6 Å². The summed E-state index contributed by atoms with van der Waals surface area (Å²) in [5.74, 6) is 0.979.